The van der Waals surface area contributed by atoms with Gasteiger partial charge in [0.25, 0.3) is 0 Å². The van der Waals surface area contributed by atoms with Crippen molar-refractivity contribution in [1.82, 2.24) is 0 Å². The maximum Gasteiger partial charge on any atom is 0.513 e. The van der Waals surface area contributed by atoms with Crippen LogP contribution in [0.15, 0.2) is 18.2 Å². The van der Waals surface area contributed by atoms with Gasteiger partial charge in [-0.1, -0.05) is 26.3 Å². The van der Waals surface area contributed by atoms with Gasteiger partial charge in [0.2, 0.25) is 0 Å². The Morgan fingerprint density at radius 2 is 1.50 bits per heavy atom. The number of benzene rings is 1. The van der Waals surface area contributed by atoms with E-state index in [0.717, 1.165) is 6.42 Å². The van der Waals surface area contributed by atoms with E-state index in [1.165, 1.54) is 25.3 Å². The molecule has 0 aliphatic carbocycles. The molecule has 0 fully saturated rings. The fourth-order valence-corrected chi connectivity index (χ4v) is 2.82. The summed E-state index contributed by atoms with van der Waals surface area (Å²) in [6, 6.07) is 4.22. The van der Waals surface area contributed by atoms with Gasteiger partial charge in [-0.05, 0) is 37.5 Å². The fourth-order valence-electron chi connectivity index (χ4n) is 2.82. The van der Waals surface area contributed by atoms with Gasteiger partial charge in [-0.25, -0.2) is 14.4 Å². The molecule has 12 nitrogen and oxygen atoms in total. The molecule has 0 radical (unpaired) electrons. The van der Waals surface area contributed by atoms with Crippen molar-refractivity contribution in [2.24, 2.45) is 11.7 Å². The Balaban J connectivity index is 3.03. The Kier molecular flexibility index (Phi) is 13.1. The van der Waals surface area contributed by atoms with Crippen LogP contribution < -0.4 is 15.2 Å². The first-order chi connectivity index (χ1) is 17.1. The van der Waals surface area contributed by atoms with Crippen LogP contribution in [-0.2, 0) is 34.9 Å². The van der Waals surface area contributed by atoms with Crippen LogP contribution in [0.2, 0.25) is 0 Å². The molecule has 0 spiro atoms. The van der Waals surface area contributed by atoms with Crippen molar-refractivity contribution in [1.29, 1.82) is 0 Å². The highest BCUT2D eigenvalue weighted by Gasteiger charge is 2.36. The summed E-state index contributed by atoms with van der Waals surface area (Å²) in [5.74, 6) is -0.837. The molecule has 12 heteroatoms. The summed E-state index contributed by atoms with van der Waals surface area (Å²) in [6.45, 7) is 7.23. The van der Waals surface area contributed by atoms with Crippen molar-refractivity contribution in [3.05, 3.63) is 23.8 Å². The van der Waals surface area contributed by atoms with E-state index in [1.54, 1.807) is 13.8 Å². The predicted molar refractivity (Wildman–Crippen MR) is 126 cm³/mol. The average Bonchev–Trinajstić information content (AvgIpc) is 2.83. The third-order valence-corrected chi connectivity index (χ3v) is 4.98. The first-order valence-electron chi connectivity index (χ1n) is 11.6. The lowest BCUT2D eigenvalue weighted by Gasteiger charge is -2.26. The molecular formula is C24H35NO11. The first kappa shape index (κ1) is 30.5. The van der Waals surface area contributed by atoms with Gasteiger partial charge in [0, 0.05) is 12.8 Å². The molecule has 0 saturated heterocycles. The van der Waals surface area contributed by atoms with E-state index in [1.807, 2.05) is 13.8 Å². The summed E-state index contributed by atoms with van der Waals surface area (Å²) in [6.07, 6.45) is -2.24. The Morgan fingerprint density at radius 1 is 0.889 bits per heavy atom. The number of esters is 1. The number of carbonyl (C=O) groups is 4. The smallest absolute Gasteiger partial charge is 0.468 e. The molecule has 2 N–H and O–H groups in total. The highest BCUT2D eigenvalue weighted by atomic mass is 16.7. The molecule has 1 aromatic carbocycles. The summed E-state index contributed by atoms with van der Waals surface area (Å²) >= 11 is 0. The van der Waals surface area contributed by atoms with Crippen LogP contribution in [0, 0.1) is 5.92 Å². The number of hydrogen-bond donors (Lipinski definition) is 1. The van der Waals surface area contributed by atoms with E-state index >= 15 is 0 Å². The largest absolute Gasteiger partial charge is 0.513 e. The fraction of sp³-hybridized carbons (Fsp3) is 0.583. The summed E-state index contributed by atoms with van der Waals surface area (Å²) in [5.41, 5.74) is 5.15. The van der Waals surface area contributed by atoms with Crippen LogP contribution in [0.3, 0.4) is 0 Å². The topological polar surface area (TPSA) is 159 Å². The molecule has 0 aliphatic rings. The van der Waals surface area contributed by atoms with E-state index in [0.29, 0.717) is 5.56 Å². The highest BCUT2D eigenvalue weighted by molar-refractivity contribution is 5.81. The molecule has 0 aliphatic heterocycles. The molecule has 1 rings (SSSR count). The minimum absolute atomic E-state index is 0.0562. The Bertz CT molecular complexity index is 889. The van der Waals surface area contributed by atoms with Crippen molar-refractivity contribution in [2.75, 3.05) is 33.5 Å². The Morgan fingerprint density at radius 3 is 2.06 bits per heavy atom. The molecule has 1 unspecified atom stereocenters. The van der Waals surface area contributed by atoms with Crippen molar-refractivity contribution < 1.29 is 52.3 Å². The number of nitrogens with two attached hydrogens (primary N) is 1. The molecule has 0 amide bonds. The molecule has 0 bridgehead atoms. The third kappa shape index (κ3) is 10.4. The van der Waals surface area contributed by atoms with Crippen LogP contribution in [0.4, 0.5) is 14.4 Å². The molecule has 36 heavy (non-hydrogen) atoms. The lowest BCUT2D eigenvalue weighted by atomic mass is 9.88. The van der Waals surface area contributed by atoms with Gasteiger partial charge in [-0.2, -0.15) is 0 Å². The number of methoxy groups -OCH3 is 1. The SMILES string of the molecule is CCOC(=O)Oc1ccc(CC(N)(CCOC(=O)OC[C@@H](C)CC)C(=O)OC)cc1OC(=O)OCC. The molecule has 0 heterocycles. The van der Waals surface area contributed by atoms with Gasteiger partial charge in [-0.15, -0.1) is 0 Å². The van der Waals surface area contributed by atoms with Gasteiger partial charge in [-0.3, -0.25) is 4.79 Å². The van der Waals surface area contributed by atoms with Crippen LogP contribution in [0.1, 0.15) is 46.1 Å². The normalized spacial score (nSPS) is 12.9. The molecular weight excluding hydrogens is 478 g/mol. The lowest BCUT2D eigenvalue weighted by Crippen LogP contribution is -2.51. The predicted octanol–water partition coefficient (Wildman–Crippen LogP) is 3.76. The Labute approximate surface area is 210 Å². The second-order valence-electron chi connectivity index (χ2n) is 7.85. The third-order valence-electron chi connectivity index (χ3n) is 4.98. The molecule has 0 aromatic heterocycles. The van der Waals surface area contributed by atoms with Crippen LogP contribution in [0.25, 0.3) is 0 Å². The van der Waals surface area contributed by atoms with Gasteiger partial charge in [0.05, 0.1) is 33.5 Å². The van der Waals surface area contributed by atoms with E-state index in [-0.39, 0.29) is 56.7 Å². The standard InChI is InChI=1S/C24H35NO11/c1-6-16(4)15-34-21(27)33-12-11-24(25,20(26)30-5)14-17-9-10-18(35-22(28)31-7-2)19(13-17)36-23(29)32-8-3/h9-10,13,16H,6-8,11-12,14-15,25H2,1-5H3/t16-,24?/m0/s1. The maximum atomic E-state index is 12.5. The second kappa shape index (κ2) is 15.5. The zero-order chi connectivity index (χ0) is 27.1. The van der Waals surface area contributed by atoms with E-state index < -0.39 is 30.0 Å². The van der Waals surface area contributed by atoms with Crippen molar-refractivity contribution in [2.45, 2.75) is 52.5 Å². The summed E-state index contributed by atoms with van der Waals surface area (Å²) in [7, 11) is 1.18. The van der Waals surface area contributed by atoms with Crippen LogP contribution >= 0.6 is 0 Å². The summed E-state index contributed by atoms with van der Waals surface area (Å²) in [4.78, 5) is 47.9. The molecule has 1 aromatic rings. The quantitative estimate of drug-likeness (QED) is 0.231. The minimum Gasteiger partial charge on any atom is -0.468 e. The van der Waals surface area contributed by atoms with Gasteiger partial charge < -0.3 is 38.9 Å². The Hall–Kier alpha value is -3.54. The monoisotopic (exact) mass is 513 g/mol. The lowest BCUT2D eigenvalue weighted by molar-refractivity contribution is -0.147. The summed E-state index contributed by atoms with van der Waals surface area (Å²) < 4.78 is 34.6. The average molecular weight is 514 g/mol. The zero-order valence-corrected chi connectivity index (χ0v) is 21.3. The van der Waals surface area contributed by atoms with Gasteiger partial charge in [0.1, 0.15) is 5.54 Å². The van der Waals surface area contributed by atoms with E-state index in [9.17, 15) is 19.2 Å². The van der Waals surface area contributed by atoms with Crippen LogP contribution in [-0.4, -0.2) is 63.5 Å². The van der Waals surface area contributed by atoms with E-state index in [2.05, 4.69) is 0 Å². The molecule has 202 valence electrons. The van der Waals surface area contributed by atoms with Crippen molar-refractivity contribution in [3.63, 3.8) is 0 Å². The number of ether oxygens (including phenoxy) is 7. The van der Waals surface area contributed by atoms with Gasteiger partial charge >= 0.3 is 24.4 Å². The van der Waals surface area contributed by atoms with Crippen molar-refractivity contribution >= 4 is 24.4 Å². The highest BCUT2D eigenvalue weighted by Crippen LogP contribution is 2.31. The summed E-state index contributed by atoms with van der Waals surface area (Å²) in [5, 5.41) is 0. The molecule has 0 saturated carbocycles. The number of carbonyl (C=O) groups excluding carboxylic acids is 4. The molecule has 2 atom stereocenters. The number of rotatable bonds is 13. The zero-order valence-electron chi connectivity index (χ0n) is 21.3. The maximum absolute atomic E-state index is 12.5. The van der Waals surface area contributed by atoms with E-state index in [4.69, 9.17) is 38.9 Å². The second-order valence-corrected chi connectivity index (χ2v) is 7.85. The van der Waals surface area contributed by atoms with Crippen molar-refractivity contribution in [3.8, 4) is 11.5 Å². The van der Waals surface area contributed by atoms with Crippen LogP contribution in [0.5, 0.6) is 11.5 Å². The first-order valence-corrected chi connectivity index (χ1v) is 11.6. The number of hydrogen-bond acceptors (Lipinski definition) is 12. The minimum atomic E-state index is -1.60. The van der Waals surface area contributed by atoms with Gasteiger partial charge in [0.15, 0.2) is 11.5 Å².